The molecule has 0 radical (unpaired) electrons. The van der Waals surface area contributed by atoms with Crippen LogP contribution in [0.4, 0.5) is 4.79 Å². The Hall–Kier alpha value is -3.37. The molecule has 13 nitrogen and oxygen atoms in total. The zero-order valence-electron chi connectivity index (χ0n) is 20.8. The van der Waals surface area contributed by atoms with Crippen molar-refractivity contribution in [2.24, 2.45) is 9.98 Å². The molecule has 0 saturated heterocycles. The molecule has 0 aromatic heterocycles. The molecule has 0 aliphatic heterocycles. The third-order valence-corrected chi connectivity index (χ3v) is 4.23. The Balaban J connectivity index is 3.87. The quantitative estimate of drug-likeness (QED) is 0.0591. The second-order valence-corrected chi connectivity index (χ2v) is 7.47. The van der Waals surface area contributed by atoms with Crippen LogP contribution in [-0.4, -0.2) is 94.6 Å². The summed E-state index contributed by atoms with van der Waals surface area (Å²) in [7, 11) is 0. The maximum atomic E-state index is 12.0. The summed E-state index contributed by atoms with van der Waals surface area (Å²) in [6, 6.07) is -1.00. The van der Waals surface area contributed by atoms with E-state index in [9.17, 15) is 24.0 Å². The maximum absolute atomic E-state index is 12.0. The standard InChI is InChI=1S/C23H35N3O10/c1-4-21(29)35-18(2)14-32-11-7-12-33-15-19(3)36-23(31)25-10-13-34-22(30)20(26-17-28)8-5-6-9-24-16-27/h4,18-20H,1,5-15H2,2-3H3,(H,25,31). The summed E-state index contributed by atoms with van der Waals surface area (Å²) >= 11 is 0. The van der Waals surface area contributed by atoms with E-state index in [1.807, 2.05) is 0 Å². The summed E-state index contributed by atoms with van der Waals surface area (Å²) < 4.78 is 25.9. The van der Waals surface area contributed by atoms with Crippen LogP contribution in [0.25, 0.3) is 0 Å². The van der Waals surface area contributed by atoms with Crippen LogP contribution < -0.4 is 5.32 Å². The molecule has 0 bridgehead atoms. The van der Waals surface area contributed by atoms with Crippen LogP contribution in [0.1, 0.15) is 39.5 Å². The summed E-state index contributed by atoms with van der Waals surface area (Å²) in [6.45, 7) is 8.08. The lowest BCUT2D eigenvalue weighted by Gasteiger charge is -2.15. The number of unbranched alkanes of at least 4 members (excludes halogenated alkanes) is 1. The van der Waals surface area contributed by atoms with E-state index < -0.39 is 30.2 Å². The van der Waals surface area contributed by atoms with Gasteiger partial charge < -0.3 is 29.0 Å². The second kappa shape index (κ2) is 22.1. The van der Waals surface area contributed by atoms with E-state index in [2.05, 4.69) is 21.9 Å². The predicted octanol–water partition coefficient (Wildman–Crippen LogP) is 1.40. The molecular weight excluding hydrogens is 478 g/mol. The minimum atomic E-state index is -1.00. The molecule has 0 aromatic carbocycles. The molecule has 0 fully saturated rings. The largest absolute Gasteiger partial charge is 0.462 e. The van der Waals surface area contributed by atoms with Gasteiger partial charge in [0.1, 0.15) is 18.8 Å². The van der Waals surface area contributed by atoms with E-state index in [0.29, 0.717) is 32.5 Å². The first kappa shape index (κ1) is 32.6. The molecule has 0 heterocycles. The highest BCUT2D eigenvalue weighted by atomic mass is 16.6. The van der Waals surface area contributed by atoms with Gasteiger partial charge in [-0.3, -0.25) is 0 Å². The molecule has 0 aliphatic rings. The molecule has 36 heavy (non-hydrogen) atoms. The van der Waals surface area contributed by atoms with Crippen molar-refractivity contribution in [2.75, 3.05) is 46.1 Å². The molecule has 0 saturated carbocycles. The van der Waals surface area contributed by atoms with Gasteiger partial charge in [-0.15, -0.1) is 0 Å². The summed E-state index contributed by atoms with van der Waals surface area (Å²) in [5, 5.41) is 2.44. The highest BCUT2D eigenvalue weighted by Crippen LogP contribution is 2.07. The van der Waals surface area contributed by atoms with E-state index in [-0.39, 0.29) is 45.4 Å². The van der Waals surface area contributed by atoms with Crippen molar-refractivity contribution < 1.29 is 47.7 Å². The number of carbonyl (C=O) groups excluding carboxylic acids is 5. The molecule has 202 valence electrons. The smallest absolute Gasteiger partial charge is 0.407 e. The zero-order valence-corrected chi connectivity index (χ0v) is 20.8. The van der Waals surface area contributed by atoms with Crippen molar-refractivity contribution >= 4 is 30.2 Å². The van der Waals surface area contributed by atoms with Crippen LogP contribution in [0.15, 0.2) is 22.6 Å². The van der Waals surface area contributed by atoms with Gasteiger partial charge in [0, 0.05) is 19.3 Å². The minimum absolute atomic E-state index is 0.00158. The Kier molecular flexibility index (Phi) is 20.0. The molecule has 1 N–H and O–H groups in total. The molecule has 0 aromatic rings. The molecule has 0 rings (SSSR count). The van der Waals surface area contributed by atoms with E-state index in [4.69, 9.17) is 23.7 Å². The van der Waals surface area contributed by atoms with Gasteiger partial charge in [-0.05, 0) is 39.5 Å². The lowest BCUT2D eigenvalue weighted by atomic mass is 10.1. The van der Waals surface area contributed by atoms with Crippen molar-refractivity contribution in [1.82, 2.24) is 5.32 Å². The number of carbonyl (C=O) groups is 3. The van der Waals surface area contributed by atoms with Crippen LogP contribution in [-0.2, 0) is 42.9 Å². The number of ether oxygens (including phenoxy) is 5. The summed E-state index contributed by atoms with van der Waals surface area (Å²) in [6.07, 6.45) is 4.13. The number of isocyanates is 2. The molecule has 13 heteroatoms. The van der Waals surface area contributed by atoms with Gasteiger partial charge in [0.2, 0.25) is 12.2 Å². The van der Waals surface area contributed by atoms with Crippen LogP contribution >= 0.6 is 0 Å². The van der Waals surface area contributed by atoms with Gasteiger partial charge in [-0.25, -0.2) is 29.0 Å². The fourth-order valence-electron chi connectivity index (χ4n) is 2.57. The number of aliphatic imine (C=N–C) groups is 2. The molecule has 1 amide bonds. The molecule has 3 atom stereocenters. The van der Waals surface area contributed by atoms with E-state index in [1.165, 1.54) is 12.2 Å². The van der Waals surface area contributed by atoms with Gasteiger partial charge in [0.05, 0.1) is 26.3 Å². The number of nitrogens with one attached hydrogen (secondary N) is 1. The topological polar surface area (TPSA) is 168 Å². The number of rotatable bonds is 21. The second-order valence-electron chi connectivity index (χ2n) is 7.47. The van der Waals surface area contributed by atoms with Crippen molar-refractivity contribution in [3.05, 3.63) is 12.7 Å². The van der Waals surface area contributed by atoms with Gasteiger partial charge in [-0.2, -0.15) is 4.99 Å². The zero-order chi connectivity index (χ0) is 27.0. The fourth-order valence-corrected chi connectivity index (χ4v) is 2.57. The average molecular weight is 514 g/mol. The number of amides is 1. The Morgan fingerprint density at radius 3 is 2.22 bits per heavy atom. The van der Waals surface area contributed by atoms with Gasteiger partial charge in [0.25, 0.3) is 0 Å². The van der Waals surface area contributed by atoms with Crippen LogP contribution in [0, 0.1) is 0 Å². The SMILES string of the molecule is C=CC(=O)OC(C)COCCCOCC(C)OC(=O)NCCOC(=O)C(CCCCN=C=O)N=C=O. The lowest BCUT2D eigenvalue weighted by molar-refractivity contribution is -0.146. The summed E-state index contributed by atoms with van der Waals surface area (Å²) in [5.41, 5.74) is 0. The summed E-state index contributed by atoms with van der Waals surface area (Å²) in [4.78, 5) is 62.2. The van der Waals surface area contributed by atoms with Crippen LogP contribution in [0.5, 0.6) is 0 Å². The number of hydrogen-bond donors (Lipinski definition) is 1. The van der Waals surface area contributed by atoms with E-state index >= 15 is 0 Å². The predicted molar refractivity (Wildman–Crippen MR) is 126 cm³/mol. The molecular formula is C23H35N3O10. The van der Waals surface area contributed by atoms with Crippen LogP contribution in [0.3, 0.4) is 0 Å². The first-order chi connectivity index (χ1) is 17.3. The van der Waals surface area contributed by atoms with E-state index in [1.54, 1.807) is 13.8 Å². The van der Waals surface area contributed by atoms with Crippen molar-refractivity contribution in [2.45, 2.75) is 57.8 Å². The Labute approximate surface area is 210 Å². The Bertz CT molecular complexity index is 763. The maximum Gasteiger partial charge on any atom is 0.407 e. The first-order valence-electron chi connectivity index (χ1n) is 11.5. The van der Waals surface area contributed by atoms with Crippen LogP contribution in [0.2, 0.25) is 0 Å². The normalized spacial score (nSPS) is 12.6. The average Bonchev–Trinajstić information content (AvgIpc) is 2.84. The molecule has 3 unspecified atom stereocenters. The van der Waals surface area contributed by atoms with Crippen molar-refractivity contribution in [3.8, 4) is 0 Å². The van der Waals surface area contributed by atoms with Crippen molar-refractivity contribution in [1.29, 1.82) is 0 Å². The Morgan fingerprint density at radius 1 is 0.944 bits per heavy atom. The van der Waals surface area contributed by atoms with E-state index in [0.717, 1.165) is 6.08 Å². The van der Waals surface area contributed by atoms with Crippen molar-refractivity contribution in [3.63, 3.8) is 0 Å². The highest BCUT2D eigenvalue weighted by Gasteiger charge is 2.19. The third-order valence-electron chi connectivity index (χ3n) is 4.23. The number of esters is 2. The number of nitrogens with zero attached hydrogens (tertiary/aromatic N) is 2. The first-order valence-corrected chi connectivity index (χ1v) is 11.5. The highest BCUT2D eigenvalue weighted by molar-refractivity contribution is 5.81. The minimum Gasteiger partial charge on any atom is -0.462 e. The Morgan fingerprint density at radius 2 is 1.61 bits per heavy atom. The van der Waals surface area contributed by atoms with Gasteiger partial charge >= 0.3 is 18.0 Å². The third kappa shape index (κ3) is 19.0. The number of alkyl carbamates (subject to hydrolysis) is 1. The monoisotopic (exact) mass is 513 g/mol. The lowest BCUT2D eigenvalue weighted by Crippen LogP contribution is -2.33. The summed E-state index contributed by atoms with van der Waals surface area (Å²) in [5.74, 6) is -1.22. The number of hydrogen-bond acceptors (Lipinski definition) is 12. The van der Waals surface area contributed by atoms with Gasteiger partial charge in [-0.1, -0.05) is 6.58 Å². The molecule has 0 aliphatic carbocycles. The fraction of sp³-hybridized carbons (Fsp3) is 0.696. The van der Waals surface area contributed by atoms with Gasteiger partial charge in [0.15, 0.2) is 6.04 Å². The molecule has 0 spiro atoms.